The molecule has 5 heteroatoms. The smallest absolute Gasteiger partial charge is 0.219 e. The number of hydrogen-bond donors (Lipinski definition) is 0. The van der Waals surface area contributed by atoms with Crippen LogP contribution in [0.3, 0.4) is 0 Å². The van der Waals surface area contributed by atoms with Gasteiger partial charge < -0.3 is 4.84 Å². The van der Waals surface area contributed by atoms with E-state index in [1.807, 2.05) is 19.1 Å². The fourth-order valence-corrected chi connectivity index (χ4v) is 1.10. The second-order valence-corrected chi connectivity index (χ2v) is 3.86. The Morgan fingerprint density at radius 2 is 2.13 bits per heavy atom. The van der Waals surface area contributed by atoms with E-state index in [4.69, 9.17) is 4.84 Å². The Morgan fingerprint density at radius 3 is 2.87 bits per heavy atom. The Balaban J connectivity index is 2.29. The van der Waals surface area contributed by atoms with Crippen molar-refractivity contribution in [2.24, 2.45) is 5.92 Å². The normalized spacial score (nSPS) is 13.3. The van der Waals surface area contributed by atoms with Gasteiger partial charge in [0, 0.05) is 6.20 Å². The molecule has 5 nitrogen and oxygen atoms in total. The molecule has 0 fully saturated rings. The van der Waals surface area contributed by atoms with Crippen molar-refractivity contribution in [3.63, 3.8) is 0 Å². The number of nitrogens with zero attached hydrogens (tertiary/aromatic N) is 4. The summed E-state index contributed by atoms with van der Waals surface area (Å²) < 4.78 is 0. The van der Waals surface area contributed by atoms with Crippen LogP contribution in [0.2, 0.25) is 0 Å². The fourth-order valence-electron chi connectivity index (χ4n) is 1.10. The zero-order chi connectivity index (χ0) is 10.8. The first kappa shape index (κ1) is 9.89. The predicted molar refractivity (Wildman–Crippen MR) is 56.2 cm³/mol. The van der Waals surface area contributed by atoms with Crippen LogP contribution < -0.4 is 4.84 Å². The van der Waals surface area contributed by atoms with E-state index in [9.17, 15) is 0 Å². The molecule has 0 radical (unpaired) electrons. The lowest BCUT2D eigenvalue weighted by Gasteiger charge is -2.16. The highest BCUT2D eigenvalue weighted by molar-refractivity contribution is 5.68. The topological polar surface area (TPSA) is 52.8 Å². The summed E-state index contributed by atoms with van der Waals surface area (Å²) in [6.45, 7) is 6.19. The molecule has 0 saturated carbocycles. The summed E-state index contributed by atoms with van der Waals surface area (Å²) in [5, 5.41) is 7.86. The Bertz CT molecular complexity index is 451. The maximum atomic E-state index is 5.61. The summed E-state index contributed by atoms with van der Waals surface area (Å²) in [5.74, 6) is 0.424. The van der Waals surface area contributed by atoms with Gasteiger partial charge in [0.1, 0.15) is 11.6 Å². The molecule has 2 rings (SSSR count). The first-order valence-corrected chi connectivity index (χ1v) is 5.02. The molecule has 2 aromatic rings. The Hall–Kier alpha value is -1.65. The van der Waals surface area contributed by atoms with Crippen molar-refractivity contribution < 1.29 is 4.84 Å². The molecule has 0 aliphatic rings. The van der Waals surface area contributed by atoms with E-state index in [0.29, 0.717) is 11.6 Å². The van der Waals surface area contributed by atoms with E-state index in [2.05, 4.69) is 29.1 Å². The number of rotatable bonds is 3. The SMILES string of the molecule is CC(C)C(C)On1nnc2cccnc21. The second kappa shape index (κ2) is 3.84. The second-order valence-electron chi connectivity index (χ2n) is 3.86. The Morgan fingerprint density at radius 1 is 1.33 bits per heavy atom. The van der Waals surface area contributed by atoms with E-state index in [-0.39, 0.29) is 6.10 Å². The molecule has 0 aromatic carbocycles. The number of aromatic nitrogens is 4. The molecule has 15 heavy (non-hydrogen) atoms. The van der Waals surface area contributed by atoms with Crippen LogP contribution in [0.25, 0.3) is 11.2 Å². The minimum atomic E-state index is 0.0805. The fraction of sp³-hybridized carbons (Fsp3) is 0.500. The molecule has 0 amide bonds. The van der Waals surface area contributed by atoms with Crippen molar-refractivity contribution in [1.82, 2.24) is 20.1 Å². The average Bonchev–Trinajstić information content (AvgIpc) is 2.62. The third-order valence-corrected chi connectivity index (χ3v) is 2.39. The van der Waals surface area contributed by atoms with Crippen molar-refractivity contribution in [2.75, 3.05) is 0 Å². The highest BCUT2D eigenvalue weighted by Crippen LogP contribution is 2.07. The third-order valence-electron chi connectivity index (χ3n) is 2.39. The van der Waals surface area contributed by atoms with E-state index < -0.39 is 0 Å². The molecule has 1 atom stereocenters. The largest absolute Gasteiger partial charge is 0.390 e. The zero-order valence-electron chi connectivity index (χ0n) is 9.08. The van der Waals surface area contributed by atoms with Gasteiger partial charge in [0.2, 0.25) is 5.65 Å². The summed E-state index contributed by atoms with van der Waals surface area (Å²) in [6, 6.07) is 3.68. The van der Waals surface area contributed by atoms with Gasteiger partial charge in [-0.1, -0.05) is 18.7 Å². The molecule has 0 aliphatic carbocycles. The first-order valence-electron chi connectivity index (χ1n) is 5.02. The van der Waals surface area contributed by atoms with E-state index in [1.54, 1.807) is 6.20 Å². The van der Waals surface area contributed by atoms with Gasteiger partial charge in [0.25, 0.3) is 0 Å². The van der Waals surface area contributed by atoms with Gasteiger partial charge >= 0.3 is 0 Å². The maximum absolute atomic E-state index is 5.61. The van der Waals surface area contributed by atoms with Gasteiger partial charge in [-0.25, -0.2) is 4.98 Å². The van der Waals surface area contributed by atoms with Crippen molar-refractivity contribution >= 4 is 11.2 Å². The molecule has 0 aliphatic heterocycles. The van der Waals surface area contributed by atoms with Gasteiger partial charge in [-0.2, -0.15) is 0 Å². The van der Waals surface area contributed by atoms with Crippen LogP contribution in [0.4, 0.5) is 0 Å². The molecule has 2 aromatic heterocycles. The van der Waals surface area contributed by atoms with Crippen LogP contribution in [-0.4, -0.2) is 26.2 Å². The average molecular weight is 206 g/mol. The van der Waals surface area contributed by atoms with Crippen LogP contribution >= 0.6 is 0 Å². The molecule has 80 valence electrons. The molecule has 0 saturated heterocycles. The molecular weight excluding hydrogens is 192 g/mol. The predicted octanol–water partition coefficient (Wildman–Crippen LogP) is 1.30. The van der Waals surface area contributed by atoms with Crippen LogP contribution in [0, 0.1) is 5.92 Å². The summed E-state index contributed by atoms with van der Waals surface area (Å²) in [4.78, 5) is 11.2. The van der Waals surface area contributed by atoms with Crippen molar-refractivity contribution in [3.8, 4) is 0 Å². The number of pyridine rings is 1. The zero-order valence-corrected chi connectivity index (χ0v) is 9.08. The molecule has 1 unspecified atom stereocenters. The quantitative estimate of drug-likeness (QED) is 0.759. The van der Waals surface area contributed by atoms with Crippen LogP contribution in [-0.2, 0) is 0 Å². The summed E-state index contributed by atoms with van der Waals surface area (Å²) in [7, 11) is 0. The molecule has 0 N–H and O–H groups in total. The Labute approximate surface area is 88.0 Å². The number of fused-ring (bicyclic) bond motifs is 1. The van der Waals surface area contributed by atoms with Crippen molar-refractivity contribution in [1.29, 1.82) is 0 Å². The highest BCUT2D eigenvalue weighted by Gasteiger charge is 2.12. The van der Waals surface area contributed by atoms with Crippen molar-refractivity contribution in [3.05, 3.63) is 18.3 Å². The monoisotopic (exact) mass is 206 g/mol. The first-order chi connectivity index (χ1) is 7.18. The summed E-state index contributed by atoms with van der Waals surface area (Å²) >= 11 is 0. The number of hydrogen-bond acceptors (Lipinski definition) is 4. The lowest BCUT2D eigenvalue weighted by atomic mass is 10.1. The van der Waals surface area contributed by atoms with E-state index in [0.717, 1.165) is 5.52 Å². The van der Waals surface area contributed by atoms with Crippen LogP contribution in [0.5, 0.6) is 0 Å². The summed E-state index contributed by atoms with van der Waals surface area (Å²) in [5.41, 5.74) is 1.40. The van der Waals surface area contributed by atoms with Gasteiger partial charge in [0.15, 0.2) is 0 Å². The van der Waals surface area contributed by atoms with Crippen LogP contribution in [0.1, 0.15) is 20.8 Å². The van der Waals surface area contributed by atoms with E-state index in [1.165, 1.54) is 4.85 Å². The molecule has 2 heterocycles. The Kier molecular flexibility index (Phi) is 2.53. The van der Waals surface area contributed by atoms with Gasteiger partial charge in [-0.3, -0.25) is 0 Å². The summed E-state index contributed by atoms with van der Waals surface area (Å²) in [6.07, 6.45) is 1.78. The maximum Gasteiger partial charge on any atom is 0.219 e. The van der Waals surface area contributed by atoms with Gasteiger partial charge in [-0.15, -0.1) is 5.10 Å². The minimum absolute atomic E-state index is 0.0805. The van der Waals surface area contributed by atoms with Gasteiger partial charge in [-0.05, 0) is 30.2 Å². The molecule has 0 bridgehead atoms. The lowest BCUT2D eigenvalue weighted by molar-refractivity contribution is 0.00430. The standard InChI is InChI=1S/C10H14N4O/c1-7(2)8(3)15-14-10-9(12-13-14)5-4-6-11-10/h4-8H,1-3H3. The third kappa shape index (κ3) is 1.91. The van der Waals surface area contributed by atoms with Crippen molar-refractivity contribution in [2.45, 2.75) is 26.9 Å². The lowest BCUT2D eigenvalue weighted by Crippen LogP contribution is -2.27. The molecule has 0 spiro atoms. The minimum Gasteiger partial charge on any atom is -0.390 e. The van der Waals surface area contributed by atoms with E-state index >= 15 is 0 Å². The van der Waals surface area contributed by atoms with Crippen LogP contribution in [0.15, 0.2) is 18.3 Å². The highest BCUT2D eigenvalue weighted by atomic mass is 16.7. The molecular formula is C10H14N4O. The van der Waals surface area contributed by atoms with Gasteiger partial charge in [0.05, 0.1) is 0 Å².